The summed E-state index contributed by atoms with van der Waals surface area (Å²) in [5.41, 5.74) is 1.81. The van der Waals surface area contributed by atoms with E-state index in [2.05, 4.69) is 5.32 Å². The third-order valence-electron chi connectivity index (χ3n) is 1.49. The van der Waals surface area contributed by atoms with Crippen molar-refractivity contribution in [2.24, 2.45) is 0 Å². The summed E-state index contributed by atoms with van der Waals surface area (Å²) in [7, 11) is 0. The van der Waals surface area contributed by atoms with Gasteiger partial charge in [-0.3, -0.25) is 4.79 Å². The molecule has 1 amide bonds. The second kappa shape index (κ2) is 3.69. The molecule has 2 N–H and O–H groups in total. The van der Waals surface area contributed by atoms with Crippen molar-refractivity contribution in [2.45, 2.75) is 20.0 Å². The van der Waals surface area contributed by atoms with E-state index in [-0.39, 0.29) is 5.91 Å². The van der Waals surface area contributed by atoms with E-state index in [1.807, 2.05) is 17.7 Å². The fourth-order valence-electron chi connectivity index (χ4n) is 0.726. The van der Waals surface area contributed by atoms with Gasteiger partial charge < -0.3 is 10.4 Å². The van der Waals surface area contributed by atoms with Crippen LogP contribution in [0.5, 0.6) is 0 Å². The zero-order chi connectivity index (χ0) is 9.14. The first-order valence-electron chi connectivity index (χ1n) is 3.63. The highest BCUT2D eigenvalue weighted by Gasteiger charge is 2.09. The van der Waals surface area contributed by atoms with E-state index in [1.165, 1.54) is 18.3 Å². The number of rotatable bonds is 2. The molecule has 3 nitrogen and oxygen atoms in total. The Hall–Kier alpha value is -0.870. The molecule has 0 fully saturated rings. The molecule has 0 unspecified atom stereocenters. The minimum atomic E-state index is -0.954. The van der Waals surface area contributed by atoms with Crippen molar-refractivity contribution < 1.29 is 9.90 Å². The van der Waals surface area contributed by atoms with Gasteiger partial charge in [-0.25, -0.2) is 0 Å². The van der Waals surface area contributed by atoms with Gasteiger partial charge in [0.1, 0.15) is 6.10 Å². The average Bonchev–Trinajstić information content (AvgIpc) is 2.36. The van der Waals surface area contributed by atoms with Gasteiger partial charge in [-0.05, 0) is 24.8 Å². The van der Waals surface area contributed by atoms with Gasteiger partial charge in [0.25, 0.3) is 5.91 Å². The second-order valence-corrected chi connectivity index (χ2v) is 3.38. The van der Waals surface area contributed by atoms with Crippen LogP contribution in [0, 0.1) is 6.92 Å². The normalized spacial score (nSPS) is 12.6. The van der Waals surface area contributed by atoms with Crippen molar-refractivity contribution in [1.29, 1.82) is 0 Å². The predicted molar refractivity (Wildman–Crippen MR) is 49.4 cm³/mol. The lowest BCUT2D eigenvalue weighted by Crippen LogP contribution is -2.24. The zero-order valence-corrected chi connectivity index (χ0v) is 7.81. The molecule has 1 heterocycles. The number of anilines is 1. The van der Waals surface area contributed by atoms with Crippen molar-refractivity contribution in [3.05, 3.63) is 16.3 Å². The van der Waals surface area contributed by atoms with E-state index < -0.39 is 6.10 Å². The third-order valence-corrected chi connectivity index (χ3v) is 2.35. The Morgan fingerprint density at radius 1 is 1.67 bits per heavy atom. The third kappa shape index (κ3) is 2.06. The Morgan fingerprint density at radius 3 is 2.75 bits per heavy atom. The van der Waals surface area contributed by atoms with Crippen LogP contribution in [0.2, 0.25) is 0 Å². The molecule has 1 aromatic heterocycles. The summed E-state index contributed by atoms with van der Waals surface area (Å²) in [5.74, 6) is -0.364. The highest BCUT2D eigenvalue weighted by molar-refractivity contribution is 7.08. The van der Waals surface area contributed by atoms with Crippen molar-refractivity contribution >= 4 is 22.9 Å². The number of thiophene rings is 1. The zero-order valence-electron chi connectivity index (χ0n) is 7.00. The van der Waals surface area contributed by atoms with E-state index in [0.29, 0.717) is 0 Å². The van der Waals surface area contributed by atoms with E-state index in [9.17, 15) is 4.79 Å². The Bertz CT molecular complexity index is 280. The van der Waals surface area contributed by atoms with Crippen molar-refractivity contribution in [3.63, 3.8) is 0 Å². The first-order valence-corrected chi connectivity index (χ1v) is 4.57. The van der Waals surface area contributed by atoms with Crippen LogP contribution < -0.4 is 5.32 Å². The van der Waals surface area contributed by atoms with E-state index >= 15 is 0 Å². The average molecular weight is 185 g/mol. The van der Waals surface area contributed by atoms with Gasteiger partial charge in [-0.1, -0.05) is 0 Å². The SMILES string of the molecule is Cc1cscc1NC(=O)[C@H](C)O. The number of carbonyl (C=O) groups excluding carboxylic acids is 1. The summed E-state index contributed by atoms with van der Waals surface area (Å²) < 4.78 is 0. The van der Waals surface area contributed by atoms with Crippen LogP contribution in [0.1, 0.15) is 12.5 Å². The van der Waals surface area contributed by atoms with Gasteiger partial charge in [0.05, 0.1) is 5.69 Å². The number of hydrogen-bond donors (Lipinski definition) is 2. The summed E-state index contributed by atoms with van der Waals surface area (Å²) in [4.78, 5) is 11.0. The van der Waals surface area contributed by atoms with Gasteiger partial charge >= 0.3 is 0 Å². The molecule has 0 spiro atoms. The minimum Gasteiger partial charge on any atom is -0.384 e. The van der Waals surface area contributed by atoms with Crippen LogP contribution in [-0.2, 0) is 4.79 Å². The Balaban J connectivity index is 2.64. The first-order chi connectivity index (χ1) is 5.61. The molecule has 1 rings (SSSR count). The number of amides is 1. The van der Waals surface area contributed by atoms with Gasteiger partial charge in [0, 0.05) is 5.38 Å². The molecular formula is C8H11NO2S. The van der Waals surface area contributed by atoms with Gasteiger partial charge in [-0.15, -0.1) is 11.3 Å². The lowest BCUT2D eigenvalue weighted by molar-refractivity contribution is -0.123. The fraction of sp³-hybridized carbons (Fsp3) is 0.375. The Kier molecular flexibility index (Phi) is 2.83. The molecule has 12 heavy (non-hydrogen) atoms. The molecule has 66 valence electrons. The van der Waals surface area contributed by atoms with Gasteiger partial charge in [0.2, 0.25) is 0 Å². The van der Waals surface area contributed by atoms with E-state index in [4.69, 9.17) is 5.11 Å². The molecule has 0 aliphatic heterocycles. The number of aryl methyl sites for hydroxylation is 1. The predicted octanol–water partition coefficient (Wildman–Crippen LogP) is 1.38. The Morgan fingerprint density at radius 2 is 2.33 bits per heavy atom. The summed E-state index contributed by atoms with van der Waals surface area (Å²) >= 11 is 1.52. The van der Waals surface area contributed by atoms with Crippen molar-refractivity contribution in [3.8, 4) is 0 Å². The van der Waals surface area contributed by atoms with Gasteiger partial charge in [0.15, 0.2) is 0 Å². The van der Waals surface area contributed by atoms with Gasteiger partial charge in [-0.2, -0.15) is 0 Å². The summed E-state index contributed by atoms with van der Waals surface area (Å²) in [5, 5.41) is 15.3. The molecule has 1 atom stereocenters. The summed E-state index contributed by atoms with van der Waals surface area (Å²) in [6.45, 7) is 3.35. The molecule has 0 aliphatic rings. The molecule has 4 heteroatoms. The highest BCUT2D eigenvalue weighted by Crippen LogP contribution is 2.19. The van der Waals surface area contributed by atoms with E-state index in [0.717, 1.165) is 11.3 Å². The molecule has 0 saturated heterocycles. The monoisotopic (exact) mass is 185 g/mol. The van der Waals surface area contributed by atoms with Crippen LogP contribution in [0.25, 0.3) is 0 Å². The number of aliphatic hydroxyl groups is 1. The molecule has 0 aromatic carbocycles. The quantitative estimate of drug-likeness (QED) is 0.731. The first kappa shape index (κ1) is 9.22. The maximum absolute atomic E-state index is 11.0. The van der Waals surface area contributed by atoms with Crippen LogP contribution in [0.3, 0.4) is 0 Å². The van der Waals surface area contributed by atoms with E-state index in [1.54, 1.807) is 0 Å². The maximum atomic E-state index is 11.0. The molecular weight excluding hydrogens is 174 g/mol. The van der Waals surface area contributed by atoms with Crippen LogP contribution >= 0.6 is 11.3 Å². The number of nitrogens with one attached hydrogen (secondary N) is 1. The summed E-state index contributed by atoms with van der Waals surface area (Å²) in [6.07, 6.45) is -0.954. The molecule has 0 aliphatic carbocycles. The molecule has 0 saturated carbocycles. The largest absolute Gasteiger partial charge is 0.384 e. The fourth-order valence-corrected chi connectivity index (χ4v) is 1.51. The molecule has 0 radical (unpaired) electrons. The van der Waals surface area contributed by atoms with Crippen molar-refractivity contribution in [1.82, 2.24) is 0 Å². The molecule has 1 aromatic rings. The lowest BCUT2D eigenvalue weighted by Gasteiger charge is -2.05. The Labute approximate surface area is 75.0 Å². The number of aliphatic hydroxyl groups excluding tert-OH is 1. The number of hydrogen-bond acceptors (Lipinski definition) is 3. The standard InChI is InChI=1S/C8H11NO2S/c1-5-3-12-4-7(5)9-8(11)6(2)10/h3-4,6,10H,1-2H3,(H,9,11)/t6-/m0/s1. The van der Waals surface area contributed by atoms with Crippen LogP contribution in [0.4, 0.5) is 5.69 Å². The van der Waals surface area contributed by atoms with Crippen LogP contribution in [0.15, 0.2) is 10.8 Å². The smallest absolute Gasteiger partial charge is 0.252 e. The molecule has 0 bridgehead atoms. The second-order valence-electron chi connectivity index (χ2n) is 2.63. The van der Waals surface area contributed by atoms with Crippen molar-refractivity contribution in [2.75, 3.05) is 5.32 Å². The minimum absolute atomic E-state index is 0.364. The topological polar surface area (TPSA) is 49.3 Å². The summed E-state index contributed by atoms with van der Waals surface area (Å²) in [6, 6.07) is 0. The van der Waals surface area contributed by atoms with Crippen LogP contribution in [-0.4, -0.2) is 17.1 Å². The maximum Gasteiger partial charge on any atom is 0.252 e. The number of carbonyl (C=O) groups is 1. The highest BCUT2D eigenvalue weighted by atomic mass is 32.1. The lowest BCUT2D eigenvalue weighted by atomic mass is 10.3.